The minimum atomic E-state index is -0.461. The van der Waals surface area contributed by atoms with Gasteiger partial charge in [-0.1, -0.05) is 35.9 Å². The lowest BCUT2D eigenvalue weighted by atomic mass is 10.1. The van der Waals surface area contributed by atoms with Gasteiger partial charge in [0.25, 0.3) is 5.91 Å². The normalized spacial score (nSPS) is 10.1. The number of carbonyl (C=O) groups excluding carboxylic acids is 2. The predicted molar refractivity (Wildman–Crippen MR) is 91.0 cm³/mol. The maximum Gasteiger partial charge on any atom is 0.310 e. The van der Waals surface area contributed by atoms with Crippen LogP contribution in [0.25, 0.3) is 0 Å². The van der Waals surface area contributed by atoms with E-state index in [1.165, 1.54) is 0 Å². The molecule has 0 unspecified atom stereocenters. The second-order valence-corrected chi connectivity index (χ2v) is 5.53. The second kappa shape index (κ2) is 8.93. The van der Waals surface area contributed by atoms with Gasteiger partial charge in [-0.05, 0) is 35.4 Å². The second-order valence-electron chi connectivity index (χ2n) is 5.09. The van der Waals surface area contributed by atoms with Crippen LogP contribution in [0.3, 0.4) is 0 Å². The molecule has 0 aliphatic heterocycles. The van der Waals surface area contributed by atoms with Crippen LogP contribution in [-0.2, 0) is 27.3 Å². The molecule has 1 amide bonds. The molecule has 126 valence electrons. The molecule has 2 rings (SSSR count). The number of ether oxygens (including phenoxy) is 2. The molecule has 1 N–H and O–H groups in total. The molecule has 0 saturated heterocycles. The number of esters is 1. The quantitative estimate of drug-likeness (QED) is 0.782. The van der Waals surface area contributed by atoms with Crippen molar-refractivity contribution in [2.45, 2.75) is 13.0 Å². The Morgan fingerprint density at radius 1 is 1.00 bits per heavy atom. The van der Waals surface area contributed by atoms with E-state index in [0.29, 0.717) is 11.6 Å². The SMILES string of the molecule is COc1ccc(CNC(=O)COC(=O)Cc2ccc(Cl)cc2)cc1. The van der Waals surface area contributed by atoms with Gasteiger partial charge in [0.1, 0.15) is 5.75 Å². The molecule has 0 fully saturated rings. The summed E-state index contributed by atoms with van der Waals surface area (Å²) in [6, 6.07) is 14.2. The zero-order valence-electron chi connectivity index (χ0n) is 13.3. The van der Waals surface area contributed by atoms with E-state index in [1.54, 1.807) is 31.4 Å². The van der Waals surface area contributed by atoms with E-state index >= 15 is 0 Å². The zero-order chi connectivity index (χ0) is 17.4. The number of rotatable bonds is 7. The lowest BCUT2D eigenvalue weighted by molar-refractivity contribution is -0.147. The Kier molecular flexibility index (Phi) is 6.63. The maximum atomic E-state index is 11.7. The third kappa shape index (κ3) is 5.93. The first-order chi connectivity index (χ1) is 11.6. The van der Waals surface area contributed by atoms with Gasteiger partial charge in [0.2, 0.25) is 0 Å². The van der Waals surface area contributed by atoms with Gasteiger partial charge in [-0.15, -0.1) is 0 Å². The summed E-state index contributed by atoms with van der Waals surface area (Å²) in [5.41, 5.74) is 1.71. The summed E-state index contributed by atoms with van der Waals surface area (Å²) in [6.07, 6.45) is 0.100. The molecule has 0 spiro atoms. The van der Waals surface area contributed by atoms with Gasteiger partial charge >= 0.3 is 5.97 Å². The average molecular weight is 348 g/mol. The number of methoxy groups -OCH3 is 1. The van der Waals surface area contributed by atoms with E-state index in [1.807, 2.05) is 24.3 Å². The highest BCUT2D eigenvalue weighted by atomic mass is 35.5. The van der Waals surface area contributed by atoms with E-state index < -0.39 is 5.97 Å². The Hall–Kier alpha value is -2.53. The zero-order valence-corrected chi connectivity index (χ0v) is 14.0. The Balaban J connectivity index is 1.70. The summed E-state index contributed by atoms with van der Waals surface area (Å²) in [4.78, 5) is 23.4. The maximum absolute atomic E-state index is 11.7. The Bertz CT molecular complexity index is 683. The van der Waals surface area contributed by atoms with Crippen LogP contribution in [0.5, 0.6) is 5.75 Å². The minimum Gasteiger partial charge on any atom is -0.497 e. The fourth-order valence-corrected chi connectivity index (χ4v) is 2.09. The lowest BCUT2D eigenvalue weighted by Gasteiger charge is -2.07. The summed E-state index contributed by atoms with van der Waals surface area (Å²) < 4.78 is 10.0. The summed E-state index contributed by atoms with van der Waals surface area (Å²) in [6.45, 7) is 0.0557. The highest BCUT2D eigenvalue weighted by molar-refractivity contribution is 6.30. The monoisotopic (exact) mass is 347 g/mol. The first-order valence-electron chi connectivity index (χ1n) is 7.36. The van der Waals surface area contributed by atoms with Crippen molar-refractivity contribution in [3.05, 3.63) is 64.7 Å². The molecule has 0 aliphatic carbocycles. The van der Waals surface area contributed by atoms with Crippen molar-refractivity contribution in [1.82, 2.24) is 5.32 Å². The van der Waals surface area contributed by atoms with Gasteiger partial charge in [0.15, 0.2) is 6.61 Å². The molecule has 2 aromatic rings. The summed E-state index contributed by atoms with van der Waals surface area (Å²) in [7, 11) is 1.59. The average Bonchev–Trinajstić information content (AvgIpc) is 2.60. The van der Waals surface area contributed by atoms with Gasteiger partial charge < -0.3 is 14.8 Å². The first-order valence-corrected chi connectivity index (χ1v) is 7.74. The molecule has 0 heterocycles. The van der Waals surface area contributed by atoms with Crippen molar-refractivity contribution in [1.29, 1.82) is 0 Å². The lowest BCUT2D eigenvalue weighted by Crippen LogP contribution is -2.28. The van der Waals surface area contributed by atoms with Crippen molar-refractivity contribution >= 4 is 23.5 Å². The summed E-state index contributed by atoms with van der Waals surface area (Å²) in [5.74, 6) is -0.0617. The summed E-state index contributed by atoms with van der Waals surface area (Å²) >= 11 is 5.78. The van der Waals surface area contributed by atoms with E-state index in [2.05, 4.69) is 5.32 Å². The molecule has 0 atom stereocenters. The number of halogens is 1. The Morgan fingerprint density at radius 3 is 2.25 bits per heavy atom. The van der Waals surface area contributed by atoms with Crippen molar-refractivity contribution < 1.29 is 19.1 Å². The van der Waals surface area contributed by atoms with Gasteiger partial charge in [-0.25, -0.2) is 0 Å². The number of hydrogen-bond acceptors (Lipinski definition) is 4. The Labute approximate surface area is 145 Å². The Morgan fingerprint density at radius 2 is 1.62 bits per heavy atom. The van der Waals surface area contributed by atoms with Gasteiger partial charge in [-0.2, -0.15) is 0 Å². The largest absolute Gasteiger partial charge is 0.497 e. The molecular weight excluding hydrogens is 330 g/mol. The predicted octanol–water partition coefficient (Wildman–Crippen LogP) is 2.75. The number of amides is 1. The van der Waals surface area contributed by atoms with E-state index in [9.17, 15) is 9.59 Å². The van der Waals surface area contributed by atoms with Crippen LogP contribution >= 0.6 is 11.6 Å². The van der Waals surface area contributed by atoms with Crippen LogP contribution in [0.2, 0.25) is 5.02 Å². The number of benzene rings is 2. The number of carbonyl (C=O) groups is 2. The molecule has 24 heavy (non-hydrogen) atoms. The molecule has 2 aromatic carbocycles. The van der Waals surface area contributed by atoms with Crippen LogP contribution in [0.15, 0.2) is 48.5 Å². The molecular formula is C18H18ClNO4. The molecule has 6 heteroatoms. The summed E-state index contributed by atoms with van der Waals surface area (Å²) in [5, 5.41) is 3.29. The van der Waals surface area contributed by atoms with Gasteiger partial charge in [-0.3, -0.25) is 9.59 Å². The highest BCUT2D eigenvalue weighted by Gasteiger charge is 2.08. The van der Waals surface area contributed by atoms with Crippen LogP contribution in [0, 0.1) is 0 Å². The number of hydrogen-bond donors (Lipinski definition) is 1. The molecule has 0 aliphatic rings. The molecule has 0 bridgehead atoms. The first kappa shape index (κ1) is 17.8. The smallest absolute Gasteiger partial charge is 0.310 e. The van der Waals surface area contributed by atoms with E-state index in [4.69, 9.17) is 21.1 Å². The number of nitrogens with one attached hydrogen (secondary N) is 1. The van der Waals surface area contributed by atoms with Gasteiger partial charge in [0, 0.05) is 11.6 Å². The fraction of sp³-hybridized carbons (Fsp3) is 0.222. The molecule has 0 aromatic heterocycles. The van der Waals surface area contributed by atoms with Crippen molar-refractivity contribution in [3.63, 3.8) is 0 Å². The van der Waals surface area contributed by atoms with Crippen LogP contribution in [-0.4, -0.2) is 25.6 Å². The third-order valence-electron chi connectivity index (χ3n) is 3.27. The standard InChI is InChI=1S/C18H18ClNO4/c1-23-16-8-4-14(5-9-16)11-20-17(21)12-24-18(22)10-13-2-6-15(19)7-3-13/h2-9H,10-12H2,1H3,(H,20,21). The molecule has 0 saturated carbocycles. The van der Waals surface area contributed by atoms with Gasteiger partial charge in [0.05, 0.1) is 13.5 Å². The van der Waals surface area contributed by atoms with Crippen LogP contribution in [0.4, 0.5) is 0 Å². The van der Waals surface area contributed by atoms with E-state index in [0.717, 1.165) is 16.9 Å². The van der Waals surface area contributed by atoms with Crippen molar-refractivity contribution in [2.75, 3.05) is 13.7 Å². The van der Waals surface area contributed by atoms with Crippen LogP contribution < -0.4 is 10.1 Å². The third-order valence-corrected chi connectivity index (χ3v) is 3.53. The topological polar surface area (TPSA) is 64.6 Å². The van der Waals surface area contributed by atoms with Crippen molar-refractivity contribution in [2.24, 2.45) is 0 Å². The van der Waals surface area contributed by atoms with E-state index in [-0.39, 0.29) is 18.9 Å². The highest BCUT2D eigenvalue weighted by Crippen LogP contribution is 2.11. The molecule has 5 nitrogen and oxygen atoms in total. The fourth-order valence-electron chi connectivity index (χ4n) is 1.96. The van der Waals surface area contributed by atoms with Crippen molar-refractivity contribution in [3.8, 4) is 5.75 Å². The minimum absolute atomic E-state index is 0.100. The molecule has 0 radical (unpaired) electrons. The van der Waals surface area contributed by atoms with Crippen LogP contribution in [0.1, 0.15) is 11.1 Å².